The number of carbonyl (C=O) groups excluding carboxylic acids is 1. The minimum Gasteiger partial charge on any atom is -0.334 e. The van der Waals surface area contributed by atoms with Gasteiger partial charge in [0, 0.05) is 37.1 Å². The smallest absolute Gasteiger partial charge is 0.270 e. The summed E-state index contributed by atoms with van der Waals surface area (Å²) in [7, 11) is 0. The third kappa shape index (κ3) is 3.91. The van der Waals surface area contributed by atoms with Crippen molar-refractivity contribution >= 4 is 11.6 Å². The van der Waals surface area contributed by atoms with Crippen LogP contribution in [0.4, 0.5) is 5.69 Å². The van der Waals surface area contributed by atoms with Crippen LogP contribution in [0.3, 0.4) is 0 Å². The summed E-state index contributed by atoms with van der Waals surface area (Å²) >= 11 is 0. The van der Waals surface area contributed by atoms with Crippen LogP contribution in [0, 0.1) is 10.1 Å². The molecule has 0 saturated heterocycles. The minimum atomic E-state index is -0.537. The molecule has 2 heterocycles. The molecule has 4 rings (SSSR count). The highest BCUT2D eigenvalue weighted by Gasteiger charge is 2.26. The molecule has 0 radical (unpaired) electrons. The van der Waals surface area contributed by atoms with Crippen LogP contribution in [0.1, 0.15) is 33.0 Å². The predicted octanol–water partition coefficient (Wildman–Crippen LogP) is 2.47. The monoisotopic (exact) mass is 390 g/mol. The van der Waals surface area contributed by atoms with Crippen molar-refractivity contribution < 1.29 is 9.72 Å². The number of nitro benzene ring substituents is 1. The van der Waals surface area contributed by atoms with Crippen molar-refractivity contribution in [2.75, 3.05) is 6.54 Å². The van der Waals surface area contributed by atoms with E-state index in [9.17, 15) is 19.7 Å². The van der Waals surface area contributed by atoms with Crippen LogP contribution in [0.15, 0.2) is 59.4 Å². The van der Waals surface area contributed by atoms with Crippen molar-refractivity contribution in [3.05, 3.63) is 103 Å². The molecular formula is C21H18N4O4. The van der Waals surface area contributed by atoms with Gasteiger partial charge in [0.25, 0.3) is 17.2 Å². The Balaban J connectivity index is 1.56. The minimum absolute atomic E-state index is 0.130. The van der Waals surface area contributed by atoms with Crippen LogP contribution < -0.4 is 5.56 Å². The number of hydrogen-bond donors (Lipinski definition) is 1. The van der Waals surface area contributed by atoms with E-state index in [-0.39, 0.29) is 29.3 Å². The summed E-state index contributed by atoms with van der Waals surface area (Å²) in [6.07, 6.45) is 0.987. The van der Waals surface area contributed by atoms with E-state index in [0.717, 1.165) is 5.56 Å². The van der Waals surface area contributed by atoms with Crippen molar-refractivity contribution in [1.29, 1.82) is 0 Å². The maximum atomic E-state index is 12.8. The fourth-order valence-corrected chi connectivity index (χ4v) is 3.46. The number of non-ortho nitro benzene ring substituents is 1. The van der Waals surface area contributed by atoms with Gasteiger partial charge in [-0.2, -0.15) is 0 Å². The number of nitrogens with one attached hydrogen (secondary N) is 1. The van der Waals surface area contributed by atoms with Gasteiger partial charge in [0.15, 0.2) is 0 Å². The molecule has 0 unspecified atom stereocenters. The summed E-state index contributed by atoms with van der Waals surface area (Å²) in [5.74, 6) is 0.255. The highest BCUT2D eigenvalue weighted by atomic mass is 16.6. The molecule has 2 aromatic carbocycles. The second-order valence-corrected chi connectivity index (χ2v) is 6.88. The Hall–Kier alpha value is -3.81. The van der Waals surface area contributed by atoms with E-state index in [4.69, 9.17) is 0 Å². The first-order valence-electron chi connectivity index (χ1n) is 9.20. The van der Waals surface area contributed by atoms with Crippen molar-refractivity contribution in [1.82, 2.24) is 14.9 Å². The molecule has 29 heavy (non-hydrogen) atoms. The van der Waals surface area contributed by atoms with E-state index in [1.54, 1.807) is 0 Å². The van der Waals surface area contributed by atoms with E-state index in [1.807, 2.05) is 30.3 Å². The summed E-state index contributed by atoms with van der Waals surface area (Å²) in [6.45, 7) is 0.528. The summed E-state index contributed by atoms with van der Waals surface area (Å²) in [5.41, 5.74) is 2.05. The topological polar surface area (TPSA) is 109 Å². The average Bonchev–Trinajstić information content (AvgIpc) is 2.74. The van der Waals surface area contributed by atoms with Gasteiger partial charge in [-0.1, -0.05) is 36.4 Å². The lowest BCUT2D eigenvalue weighted by atomic mass is 10.0. The average molecular weight is 390 g/mol. The molecule has 1 aliphatic heterocycles. The number of nitrogens with zero attached hydrogens (tertiary/aromatic N) is 3. The Labute approximate surface area is 166 Å². The van der Waals surface area contributed by atoms with Crippen LogP contribution in [0.2, 0.25) is 0 Å². The van der Waals surface area contributed by atoms with Gasteiger partial charge in [-0.05, 0) is 11.6 Å². The number of carbonyl (C=O) groups is 1. The van der Waals surface area contributed by atoms with E-state index < -0.39 is 4.92 Å². The molecule has 0 atom stereocenters. The van der Waals surface area contributed by atoms with Crippen molar-refractivity contribution in [2.24, 2.45) is 0 Å². The number of nitro groups is 1. The predicted molar refractivity (Wildman–Crippen MR) is 106 cm³/mol. The zero-order valence-electron chi connectivity index (χ0n) is 15.5. The first kappa shape index (κ1) is 18.5. The molecule has 0 spiro atoms. The number of rotatable bonds is 4. The molecule has 0 saturated carbocycles. The van der Waals surface area contributed by atoms with E-state index in [2.05, 4.69) is 9.97 Å². The molecule has 0 fully saturated rings. The number of aromatic amines is 1. The fourth-order valence-electron chi connectivity index (χ4n) is 3.46. The van der Waals surface area contributed by atoms with Gasteiger partial charge in [-0.3, -0.25) is 19.7 Å². The highest BCUT2D eigenvalue weighted by molar-refractivity contribution is 5.95. The van der Waals surface area contributed by atoms with Gasteiger partial charge in [-0.15, -0.1) is 0 Å². The van der Waals surface area contributed by atoms with Crippen LogP contribution in [0.5, 0.6) is 0 Å². The normalized spacial score (nSPS) is 13.0. The van der Waals surface area contributed by atoms with Gasteiger partial charge < -0.3 is 9.88 Å². The Kier molecular flexibility index (Phi) is 4.90. The second-order valence-electron chi connectivity index (χ2n) is 6.88. The molecule has 1 N–H and O–H groups in total. The van der Waals surface area contributed by atoms with Gasteiger partial charge in [0.2, 0.25) is 0 Å². The molecule has 0 bridgehead atoms. The van der Waals surface area contributed by atoms with E-state index >= 15 is 0 Å². The van der Waals surface area contributed by atoms with E-state index in [1.165, 1.54) is 29.2 Å². The zero-order chi connectivity index (χ0) is 20.4. The fraction of sp³-hybridized carbons (Fsp3) is 0.190. The van der Waals surface area contributed by atoms with Gasteiger partial charge in [-0.25, -0.2) is 4.98 Å². The van der Waals surface area contributed by atoms with Gasteiger partial charge in [0.05, 0.1) is 22.7 Å². The van der Waals surface area contributed by atoms with Gasteiger partial charge >= 0.3 is 0 Å². The molecule has 8 nitrogen and oxygen atoms in total. The highest BCUT2D eigenvalue weighted by Crippen LogP contribution is 2.19. The Morgan fingerprint density at radius 1 is 1.17 bits per heavy atom. The Morgan fingerprint density at radius 2 is 1.97 bits per heavy atom. The molecule has 1 amide bonds. The van der Waals surface area contributed by atoms with Crippen LogP contribution in [-0.2, 0) is 19.4 Å². The first-order chi connectivity index (χ1) is 14.0. The summed E-state index contributed by atoms with van der Waals surface area (Å²) in [5, 5.41) is 11.0. The molecule has 1 aliphatic rings. The van der Waals surface area contributed by atoms with Crippen molar-refractivity contribution in [2.45, 2.75) is 19.4 Å². The molecule has 8 heteroatoms. The third-order valence-electron chi connectivity index (χ3n) is 4.92. The van der Waals surface area contributed by atoms with Crippen molar-refractivity contribution in [3.8, 4) is 0 Å². The quantitative estimate of drug-likeness (QED) is 0.544. The Bertz CT molecular complexity index is 1140. The zero-order valence-corrected chi connectivity index (χ0v) is 15.5. The lowest BCUT2D eigenvalue weighted by molar-refractivity contribution is -0.384. The summed E-state index contributed by atoms with van der Waals surface area (Å²) in [6, 6.07) is 15.3. The van der Waals surface area contributed by atoms with Crippen LogP contribution >= 0.6 is 0 Å². The Morgan fingerprint density at radius 3 is 2.72 bits per heavy atom. The van der Waals surface area contributed by atoms with E-state index in [0.29, 0.717) is 36.5 Å². The maximum absolute atomic E-state index is 12.8. The van der Waals surface area contributed by atoms with Crippen molar-refractivity contribution in [3.63, 3.8) is 0 Å². The lowest BCUT2D eigenvalue weighted by Crippen LogP contribution is -2.39. The molecule has 146 valence electrons. The lowest BCUT2D eigenvalue weighted by Gasteiger charge is -2.28. The third-order valence-corrected chi connectivity index (χ3v) is 4.92. The molecule has 3 aromatic rings. The number of fused-ring (bicyclic) bond motifs is 1. The second kappa shape index (κ2) is 7.67. The SMILES string of the molecule is O=C(c1cccc([N+](=O)[O-])c1)N1CCc2nc(Cc3ccccc3)[nH]c(=O)c2C1. The van der Waals surface area contributed by atoms with Crippen LogP contribution in [0.25, 0.3) is 0 Å². The van der Waals surface area contributed by atoms with Gasteiger partial charge in [0.1, 0.15) is 5.82 Å². The molecule has 1 aromatic heterocycles. The number of hydrogen-bond acceptors (Lipinski definition) is 5. The number of H-pyrrole nitrogens is 1. The van der Waals surface area contributed by atoms with Crippen LogP contribution in [-0.4, -0.2) is 32.2 Å². The summed E-state index contributed by atoms with van der Waals surface area (Å²) < 4.78 is 0. The first-order valence-corrected chi connectivity index (χ1v) is 9.20. The molecule has 0 aliphatic carbocycles. The number of amides is 1. The largest absolute Gasteiger partial charge is 0.334 e. The maximum Gasteiger partial charge on any atom is 0.270 e. The number of aromatic nitrogens is 2. The number of benzene rings is 2. The molecular weight excluding hydrogens is 372 g/mol. The summed E-state index contributed by atoms with van der Waals surface area (Å²) in [4.78, 5) is 44.7. The standard InChI is InChI=1S/C21H18N4O4/c26-20-17-13-24(21(27)15-7-4-8-16(12-15)25(28)29)10-9-18(17)22-19(23-20)11-14-5-2-1-3-6-14/h1-8,12H,9-11,13H2,(H,22,23,26).